The molecule has 0 saturated carbocycles. The van der Waals surface area contributed by atoms with Gasteiger partial charge in [-0.05, 0) is 52.5 Å². The zero-order valence-corrected chi connectivity index (χ0v) is 11.2. The molecule has 2 aromatic rings. The summed E-state index contributed by atoms with van der Waals surface area (Å²) in [6.45, 7) is 0.438. The summed E-state index contributed by atoms with van der Waals surface area (Å²) in [5.41, 5.74) is 1.19. The predicted molar refractivity (Wildman–Crippen MR) is 69.9 cm³/mol. The Morgan fingerprint density at radius 3 is 2.78 bits per heavy atom. The fourth-order valence-corrected chi connectivity index (χ4v) is 1.81. The van der Waals surface area contributed by atoms with Crippen molar-refractivity contribution in [1.29, 1.82) is 0 Å². The van der Waals surface area contributed by atoms with Crippen LogP contribution in [0.1, 0.15) is 12.0 Å². The van der Waals surface area contributed by atoms with Crippen LogP contribution >= 0.6 is 15.9 Å². The summed E-state index contributed by atoms with van der Waals surface area (Å²) in [7, 11) is 0. The van der Waals surface area contributed by atoms with E-state index in [4.69, 9.17) is 4.74 Å². The Balaban J connectivity index is 1.79. The molecular formula is C13H12BrFN2O. The van der Waals surface area contributed by atoms with Gasteiger partial charge in [-0.1, -0.05) is 0 Å². The SMILES string of the molecule is Fc1cc(Br)cnc1OCCCc1ccncc1. The molecule has 0 fully saturated rings. The molecule has 2 aromatic heterocycles. The number of aryl methyl sites for hydroxylation is 1. The van der Waals surface area contributed by atoms with Crippen molar-refractivity contribution >= 4 is 15.9 Å². The molecule has 0 aliphatic carbocycles. The molecule has 3 nitrogen and oxygen atoms in total. The minimum absolute atomic E-state index is 0.0490. The van der Waals surface area contributed by atoms with E-state index in [9.17, 15) is 4.39 Å². The third kappa shape index (κ3) is 3.77. The molecular weight excluding hydrogens is 299 g/mol. The Kier molecular flexibility index (Phi) is 4.64. The van der Waals surface area contributed by atoms with E-state index in [1.807, 2.05) is 12.1 Å². The Morgan fingerprint density at radius 2 is 2.06 bits per heavy atom. The summed E-state index contributed by atoms with van der Waals surface area (Å²) < 4.78 is 19.3. The fraction of sp³-hybridized carbons (Fsp3) is 0.231. The fourth-order valence-electron chi connectivity index (χ4n) is 1.50. The highest BCUT2D eigenvalue weighted by molar-refractivity contribution is 9.10. The first kappa shape index (κ1) is 13.0. The van der Waals surface area contributed by atoms with Gasteiger partial charge < -0.3 is 4.74 Å². The molecule has 0 saturated heterocycles. The highest BCUT2D eigenvalue weighted by Gasteiger charge is 2.05. The number of hydrogen-bond acceptors (Lipinski definition) is 3. The van der Waals surface area contributed by atoms with E-state index in [0.717, 1.165) is 12.8 Å². The van der Waals surface area contributed by atoms with Gasteiger partial charge in [-0.25, -0.2) is 9.37 Å². The molecule has 0 spiro atoms. The van der Waals surface area contributed by atoms with E-state index in [1.165, 1.54) is 17.8 Å². The van der Waals surface area contributed by atoms with Crippen LogP contribution in [0.4, 0.5) is 4.39 Å². The van der Waals surface area contributed by atoms with Gasteiger partial charge in [-0.2, -0.15) is 0 Å². The average Bonchev–Trinajstić information content (AvgIpc) is 2.38. The normalized spacial score (nSPS) is 10.3. The lowest BCUT2D eigenvalue weighted by molar-refractivity contribution is 0.283. The van der Waals surface area contributed by atoms with Crippen LogP contribution in [0, 0.1) is 5.82 Å². The molecule has 2 heterocycles. The largest absolute Gasteiger partial charge is 0.476 e. The van der Waals surface area contributed by atoms with Gasteiger partial charge in [0, 0.05) is 23.1 Å². The maximum absolute atomic E-state index is 13.4. The van der Waals surface area contributed by atoms with Crippen molar-refractivity contribution in [2.45, 2.75) is 12.8 Å². The van der Waals surface area contributed by atoms with Gasteiger partial charge in [0.05, 0.1) is 6.61 Å². The number of aromatic nitrogens is 2. The van der Waals surface area contributed by atoms with Crippen LogP contribution in [0.2, 0.25) is 0 Å². The smallest absolute Gasteiger partial charge is 0.250 e. The zero-order valence-electron chi connectivity index (χ0n) is 9.64. The van der Waals surface area contributed by atoms with Gasteiger partial charge in [0.15, 0.2) is 5.82 Å². The minimum atomic E-state index is -0.451. The van der Waals surface area contributed by atoms with Gasteiger partial charge in [0.25, 0.3) is 0 Å². The lowest BCUT2D eigenvalue weighted by Crippen LogP contribution is -2.02. The van der Waals surface area contributed by atoms with E-state index >= 15 is 0 Å². The summed E-state index contributed by atoms with van der Waals surface area (Å²) in [6, 6.07) is 5.25. The molecule has 0 bridgehead atoms. The van der Waals surface area contributed by atoms with Gasteiger partial charge >= 0.3 is 0 Å². The standard InChI is InChI=1S/C13H12BrFN2O/c14-11-8-12(15)13(17-9-11)18-7-1-2-10-3-5-16-6-4-10/h3-6,8-9H,1-2,7H2. The first-order chi connectivity index (χ1) is 8.75. The summed E-state index contributed by atoms with van der Waals surface area (Å²) in [5.74, 6) is -0.402. The van der Waals surface area contributed by atoms with Crippen molar-refractivity contribution in [1.82, 2.24) is 9.97 Å². The van der Waals surface area contributed by atoms with Crippen LogP contribution in [-0.2, 0) is 6.42 Å². The predicted octanol–water partition coefficient (Wildman–Crippen LogP) is 3.39. The number of nitrogens with zero attached hydrogens (tertiary/aromatic N) is 2. The molecule has 18 heavy (non-hydrogen) atoms. The number of halogens is 2. The van der Waals surface area contributed by atoms with E-state index in [2.05, 4.69) is 25.9 Å². The molecule has 0 aromatic carbocycles. The monoisotopic (exact) mass is 310 g/mol. The Hall–Kier alpha value is -1.49. The van der Waals surface area contributed by atoms with Crippen LogP contribution in [-0.4, -0.2) is 16.6 Å². The number of hydrogen-bond donors (Lipinski definition) is 0. The molecule has 5 heteroatoms. The molecule has 0 amide bonds. The van der Waals surface area contributed by atoms with Gasteiger partial charge in [-0.15, -0.1) is 0 Å². The van der Waals surface area contributed by atoms with Crippen molar-refractivity contribution in [2.24, 2.45) is 0 Å². The molecule has 94 valence electrons. The topological polar surface area (TPSA) is 35.0 Å². The zero-order chi connectivity index (χ0) is 12.8. The summed E-state index contributed by atoms with van der Waals surface area (Å²) >= 11 is 3.14. The molecule has 0 aliphatic rings. The third-order valence-corrected chi connectivity index (χ3v) is 2.81. The molecule has 0 N–H and O–H groups in total. The Labute approximate surface area is 113 Å². The van der Waals surface area contributed by atoms with E-state index in [1.54, 1.807) is 12.4 Å². The minimum Gasteiger partial charge on any atom is -0.476 e. The number of rotatable bonds is 5. The van der Waals surface area contributed by atoms with Crippen LogP contribution in [0.15, 0.2) is 41.3 Å². The molecule has 0 aliphatic heterocycles. The van der Waals surface area contributed by atoms with Crippen molar-refractivity contribution in [2.75, 3.05) is 6.61 Å². The second-order valence-corrected chi connectivity index (χ2v) is 4.66. The first-order valence-corrected chi connectivity index (χ1v) is 6.38. The van der Waals surface area contributed by atoms with Gasteiger partial charge in [0.2, 0.25) is 5.88 Å². The number of pyridine rings is 2. The quantitative estimate of drug-likeness (QED) is 0.794. The lowest BCUT2D eigenvalue weighted by atomic mass is 10.1. The molecule has 0 atom stereocenters. The molecule has 0 unspecified atom stereocenters. The van der Waals surface area contributed by atoms with E-state index < -0.39 is 5.82 Å². The lowest BCUT2D eigenvalue weighted by Gasteiger charge is -2.06. The summed E-state index contributed by atoms with van der Waals surface area (Å²) in [5, 5.41) is 0. The highest BCUT2D eigenvalue weighted by atomic mass is 79.9. The van der Waals surface area contributed by atoms with Crippen LogP contribution in [0.3, 0.4) is 0 Å². The van der Waals surface area contributed by atoms with Crippen molar-refractivity contribution < 1.29 is 9.13 Å². The highest BCUT2D eigenvalue weighted by Crippen LogP contribution is 2.18. The van der Waals surface area contributed by atoms with Crippen molar-refractivity contribution in [3.8, 4) is 5.88 Å². The second-order valence-electron chi connectivity index (χ2n) is 3.75. The third-order valence-electron chi connectivity index (χ3n) is 2.37. The maximum atomic E-state index is 13.4. The second kappa shape index (κ2) is 6.44. The van der Waals surface area contributed by atoms with Gasteiger partial charge in [-0.3, -0.25) is 4.98 Å². The number of ether oxygens (including phenoxy) is 1. The Bertz CT molecular complexity index is 508. The van der Waals surface area contributed by atoms with Crippen molar-refractivity contribution in [3.63, 3.8) is 0 Å². The van der Waals surface area contributed by atoms with E-state index in [-0.39, 0.29) is 5.88 Å². The van der Waals surface area contributed by atoms with Crippen LogP contribution < -0.4 is 4.74 Å². The van der Waals surface area contributed by atoms with Gasteiger partial charge in [0.1, 0.15) is 0 Å². The average molecular weight is 311 g/mol. The first-order valence-electron chi connectivity index (χ1n) is 5.58. The summed E-state index contributed by atoms with van der Waals surface area (Å²) in [4.78, 5) is 7.81. The van der Waals surface area contributed by atoms with Crippen LogP contribution in [0.25, 0.3) is 0 Å². The molecule has 0 radical (unpaired) electrons. The molecule has 2 rings (SSSR count). The maximum Gasteiger partial charge on any atom is 0.250 e. The summed E-state index contributed by atoms with van der Waals surface area (Å²) in [6.07, 6.45) is 6.71. The van der Waals surface area contributed by atoms with Crippen LogP contribution in [0.5, 0.6) is 5.88 Å². The van der Waals surface area contributed by atoms with E-state index in [0.29, 0.717) is 11.1 Å². The Morgan fingerprint density at radius 1 is 1.28 bits per heavy atom. The van der Waals surface area contributed by atoms with Crippen molar-refractivity contribution in [3.05, 3.63) is 52.6 Å².